The van der Waals surface area contributed by atoms with Crippen LogP contribution in [-0.2, 0) is 9.59 Å². The second kappa shape index (κ2) is 8.79. The maximum atomic E-state index is 13.0. The third-order valence-electron chi connectivity index (χ3n) is 4.04. The van der Waals surface area contributed by atoms with E-state index in [0.29, 0.717) is 38.3 Å². The molecule has 2 aromatic rings. The zero-order chi connectivity index (χ0) is 21.1. The molecule has 1 heterocycles. The molecule has 3 rings (SSSR count). The van der Waals surface area contributed by atoms with Gasteiger partial charge in [0.15, 0.2) is 0 Å². The molecule has 1 N–H and O–H groups in total. The number of hydrogen-bond acceptors (Lipinski definition) is 5. The number of hydrogen-bond donors (Lipinski definition) is 1. The van der Waals surface area contributed by atoms with Crippen molar-refractivity contribution in [1.29, 1.82) is 0 Å². The van der Waals surface area contributed by atoms with Gasteiger partial charge in [-0.15, -0.1) is 0 Å². The van der Waals surface area contributed by atoms with Gasteiger partial charge in [0, 0.05) is 0 Å². The van der Waals surface area contributed by atoms with Crippen molar-refractivity contribution in [3.8, 4) is 11.5 Å². The summed E-state index contributed by atoms with van der Waals surface area (Å²) in [5, 5.41) is 2.20. The second-order valence-corrected chi connectivity index (χ2v) is 7.61. The minimum atomic E-state index is -0.807. The average Bonchev–Trinajstić information content (AvgIpc) is 2.66. The SMILES string of the molecule is CCOc1ccc(N2C(=O)NC(=O)/C(=C\c3cc(Br)c(OC)c(Br)c3)C2=O)cc1. The summed E-state index contributed by atoms with van der Waals surface area (Å²) in [5.41, 5.74) is 0.734. The van der Waals surface area contributed by atoms with E-state index in [2.05, 4.69) is 37.2 Å². The number of imide groups is 2. The molecule has 29 heavy (non-hydrogen) atoms. The van der Waals surface area contributed by atoms with Crippen molar-refractivity contribution in [2.45, 2.75) is 6.92 Å². The molecular weight excluding hydrogens is 508 g/mol. The van der Waals surface area contributed by atoms with Crippen molar-refractivity contribution in [3.05, 3.63) is 56.5 Å². The number of carbonyl (C=O) groups excluding carboxylic acids is 3. The number of anilines is 1. The van der Waals surface area contributed by atoms with Gasteiger partial charge in [0.05, 0.1) is 28.3 Å². The van der Waals surface area contributed by atoms with Gasteiger partial charge in [-0.05, 0) is 86.8 Å². The number of urea groups is 1. The van der Waals surface area contributed by atoms with Crippen molar-refractivity contribution in [1.82, 2.24) is 5.32 Å². The molecule has 1 fully saturated rings. The van der Waals surface area contributed by atoms with E-state index in [4.69, 9.17) is 9.47 Å². The number of nitrogens with one attached hydrogen (secondary N) is 1. The van der Waals surface area contributed by atoms with Crippen LogP contribution >= 0.6 is 31.9 Å². The summed E-state index contributed by atoms with van der Waals surface area (Å²) >= 11 is 6.77. The quantitative estimate of drug-likeness (QED) is 0.467. The highest BCUT2D eigenvalue weighted by atomic mass is 79.9. The van der Waals surface area contributed by atoms with E-state index in [-0.39, 0.29) is 5.57 Å². The fraction of sp³-hybridized carbons (Fsp3) is 0.150. The van der Waals surface area contributed by atoms with E-state index in [0.717, 1.165) is 4.90 Å². The molecule has 7 nitrogen and oxygen atoms in total. The van der Waals surface area contributed by atoms with Gasteiger partial charge in [-0.3, -0.25) is 14.9 Å². The first-order valence-electron chi connectivity index (χ1n) is 8.53. The van der Waals surface area contributed by atoms with Crippen LogP contribution in [0.25, 0.3) is 6.08 Å². The lowest BCUT2D eigenvalue weighted by Crippen LogP contribution is -2.54. The molecule has 4 amide bonds. The van der Waals surface area contributed by atoms with Crippen LogP contribution in [-0.4, -0.2) is 31.6 Å². The lowest BCUT2D eigenvalue weighted by molar-refractivity contribution is -0.122. The summed E-state index contributed by atoms with van der Waals surface area (Å²) in [6, 6.07) is 9.06. The minimum Gasteiger partial charge on any atom is -0.494 e. The van der Waals surface area contributed by atoms with Gasteiger partial charge in [-0.25, -0.2) is 9.69 Å². The molecule has 1 aliphatic rings. The van der Waals surface area contributed by atoms with Crippen LogP contribution in [0.5, 0.6) is 11.5 Å². The van der Waals surface area contributed by atoms with Crippen LogP contribution < -0.4 is 19.7 Å². The largest absolute Gasteiger partial charge is 0.494 e. The number of ether oxygens (including phenoxy) is 2. The predicted octanol–water partition coefficient (Wildman–Crippen LogP) is 4.29. The van der Waals surface area contributed by atoms with Crippen molar-refractivity contribution >= 4 is 61.5 Å². The molecule has 0 bridgehead atoms. The Bertz CT molecular complexity index is 995. The van der Waals surface area contributed by atoms with Gasteiger partial charge in [0.2, 0.25) is 0 Å². The summed E-state index contributed by atoms with van der Waals surface area (Å²) in [6.07, 6.45) is 1.42. The summed E-state index contributed by atoms with van der Waals surface area (Å²) in [7, 11) is 1.53. The fourth-order valence-electron chi connectivity index (χ4n) is 2.77. The van der Waals surface area contributed by atoms with Crippen LogP contribution in [0.4, 0.5) is 10.5 Å². The number of rotatable bonds is 5. The first-order chi connectivity index (χ1) is 13.8. The monoisotopic (exact) mass is 522 g/mol. The molecule has 150 valence electrons. The van der Waals surface area contributed by atoms with Crippen LogP contribution in [0, 0.1) is 0 Å². The van der Waals surface area contributed by atoms with E-state index < -0.39 is 17.8 Å². The Kier molecular flexibility index (Phi) is 6.39. The van der Waals surface area contributed by atoms with Crippen molar-refractivity contribution in [2.75, 3.05) is 18.6 Å². The summed E-state index contributed by atoms with van der Waals surface area (Å²) in [4.78, 5) is 38.5. The van der Waals surface area contributed by atoms with E-state index >= 15 is 0 Å². The zero-order valence-corrected chi connectivity index (χ0v) is 18.7. The first kappa shape index (κ1) is 21.1. The third-order valence-corrected chi connectivity index (χ3v) is 5.22. The van der Waals surface area contributed by atoms with Crippen molar-refractivity contribution < 1.29 is 23.9 Å². The molecule has 0 atom stereocenters. The van der Waals surface area contributed by atoms with Gasteiger partial charge >= 0.3 is 6.03 Å². The Hall–Kier alpha value is -2.65. The zero-order valence-electron chi connectivity index (χ0n) is 15.5. The molecule has 0 saturated carbocycles. The van der Waals surface area contributed by atoms with E-state index in [9.17, 15) is 14.4 Å². The number of benzene rings is 2. The highest BCUT2D eigenvalue weighted by Gasteiger charge is 2.36. The first-order valence-corrected chi connectivity index (χ1v) is 10.1. The predicted molar refractivity (Wildman–Crippen MR) is 115 cm³/mol. The molecule has 9 heteroatoms. The molecule has 0 aromatic heterocycles. The van der Waals surface area contributed by atoms with Crippen molar-refractivity contribution in [2.24, 2.45) is 0 Å². The Morgan fingerprint density at radius 1 is 1.07 bits per heavy atom. The fourth-order valence-corrected chi connectivity index (χ4v) is 4.32. The number of amides is 4. The lowest BCUT2D eigenvalue weighted by Gasteiger charge is -2.26. The van der Waals surface area contributed by atoms with E-state index in [1.165, 1.54) is 13.2 Å². The molecule has 1 saturated heterocycles. The van der Waals surface area contributed by atoms with E-state index in [1.807, 2.05) is 6.92 Å². The Balaban J connectivity index is 1.97. The Labute approximate surface area is 183 Å². The Morgan fingerprint density at radius 3 is 2.24 bits per heavy atom. The summed E-state index contributed by atoms with van der Waals surface area (Å²) in [5.74, 6) is -0.283. The highest BCUT2D eigenvalue weighted by Crippen LogP contribution is 2.35. The minimum absolute atomic E-state index is 0.164. The van der Waals surface area contributed by atoms with Gasteiger partial charge in [0.1, 0.15) is 17.1 Å². The second-order valence-electron chi connectivity index (χ2n) is 5.90. The lowest BCUT2D eigenvalue weighted by atomic mass is 10.1. The molecule has 0 radical (unpaired) electrons. The third kappa shape index (κ3) is 4.35. The number of nitrogens with zero attached hydrogens (tertiary/aromatic N) is 1. The van der Waals surface area contributed by atoms with E-state index in [1.54, 1.807) is 36.4 Å². The van der Waals surface area contributed by atoms with Gasteiger partial charge < -0.3 is 9.47 Å². The van der Waals surface area contributed by atoms with Crippen LogP contribution in [0.3, 0.4) is 0 Å². The van der Waals surface area contributed by atoms with Gasteiger partial charge in [-0.1, -0.05) is 0 Å². The number of carbonyl (C=O) groups is 3. The number of methoxy groups -OCH3 is 1. The smallest absolute Gasteiger partial charge is 0.335 e. The molecular formula is C20H16Br2N2O5. The maximum Gasteiger partial charge on any atom is 0.335 e. The summed E-state index contributed by atoms with van der Waals surface area (Å²) < 4.78 is 11.9. The standard InChI is InChI=1S/C20H16Br2N2O5/c1-3-29-13-6-4-12(5-7-13)24-19(26)14(18(25)23-20(24)27)8-11-9-15(21)17(28-2)16(22)10-11/h4-10H,3H2,1-2H3,(H,23,25,27)/b14-8+. The van der Waals surface area contributed by atoms with Gasteiger partial charge in [-0.2, -0.15) is 0 Å². The molecule has 0 aliphatic carbocycles. The van der Waals surface area contributed by atoms with Gasteiger partial charge in [0.25, 0.3) is 11.8 Å². The number of halogens is 2. The van der Waals surface area contributed by atoms with Crippen LogP contribution in [0.1, 0.15) is 12.5 Å². The highest BCUT2D eigenvalue weighted by molar-refractivity contribution is 9.11. The van der Waals surface area contributed by atoms with Crippen molar-refractivity contribution in [3.63, 3.8) is 0 Å². The van der Waals surface area contributed by atoms with Crippen LogP contribution in [0.15, 0.2) is 50.9 Å². The number of barbiturate groups is 1. The summed E-state index contributed by atoms with van der Waals surface area (Å²) in [6.45, 7) is 2.35. The molecule has 2 aromatic carbocycles. The molecule has 1 aliphatic heterocycles. The Morgan fingerprint density at radius 2 is 1.69 bits per heavy atom. The topological polar surface area (TPSA) is 84.9 Å². The normalized spacial score (nSPS) is 15.5. The average molecular weight is 524 g/mol. The maximum absolute atomic E-state index is 13.0. The molecule has 0 spiro atoms. The molecule has 0 unspecified atom stereocenters. The van der Waals surface area contributed by atoms with Crippen LogP contribution in [0.2, 0.25) is 0 Å².